The van der Waals surface area contributed by atoms with Crippen LogP contribution >= 0.6 is 0 Å². The fraction of sp³-hybridized carbons (Fsp3) is 0.333. The molecule has 0 saturated carbocycles. The second kappa shape index (κ2) is 6.24. The molecule has 2 heteroatoms. The van der Waals surface area contributed by atoms with E-state index >= 15 is 0 Å². The first-order valence-electron chi connectivity index (χ1n) is 2.65. The SMILES string of the molecule is N/C=C\C=C/CCN. The first kappa shape index (κ1) is 7.24. The van der Waals surface area contributed by atoms with Gasteiger partial charge >= 0.3 is 0 Å². The molecule has 0 aromatic rings. The minimum Gasteiger partial charge on any atom is -0.405 e. The van der Waals surface area contributed by atoms with E-state index in [9.17, 15) is 0 Å². The van der Waals surface area contributed by atoms with Gasteiger partial charge in [0.15, 0.2) is 0 Å². The summed E-state index contributed by atoms with van der Waals surface area (Å²) in [5, 5.41) is 0. The number of nitrogens with two attached hydrogens (primary N) is 2. The number of allylic oxidation sites excluding steroid dienone is 2. The molecule has 46 valence electrons. The lowest BCUT2D eigenvalue weighted by atomic mass is 10.4. The topological polar surface area (TPSA) is 52.0 Å². The zero-order chi connectivity index (χ0) is 6.24. The van der Waals surface area contributed by atoms with Crippen LogP contribution in [-0.4, -0.2) is 6.54 Å². The fourth-order valence-corrected chi connectivity index (χ4v) is 0.335. The second-order valence-electron chi connectivity index (χ2n) is 1.39. The van der Waals surface area contributed by atoms with Gasteiger partial charge in [0.05, 0.1) is 0 Å². The second-order valence-corrected chi connectivity index (χ2v) is 1.39. The summed E-state index contributed by atoms with van der Waals surface area (Å²) >= 11 is 0. The number of hydrogen-bond acceptors (Lipinski definition) is 2. The monoisotopic (exact) mass is 112 g/mol. The third-order valence-corrected chi connectivity index (χ3v) is 0.692. The summed E-state index contributed by atoms with van der Waals surface area (Å²) in [6.07, 6.45) is 8.04. The normalized spacial score (nSPS) is 11.6. The third-order valence-electron chi connectivity index (χ3n) is 0.692. The van der Waals surface area contributed by atoms with Crippen molar-refractivity contribution in [2.45, 2.75) is 6.42 Å². The van der Waals surface area contributed by atoms with E-state index in [0.717, 1.165) is 6.42 Å². The van der Waals surface area contributed by atoms with Crippen molar-refractivity contribution in [3.05, 3.63) is 24.4 Å². The molecule has 0 bridgehead atoms. The van der Waals surface area contributed by atoms with E-state index in [1.165, 1.54) is 6.20 Å². The summed E-state index contributed by atoms with van der Waals surface area (Å²) in [4.78, 5) is 0. The Labute approximate surface area is 49.9 Å². The zero-order valence-corrected chi connectivity index (χ0v) is 4.88. The predicted molar refractivity (Wildman–Crippen MR) is 36.1 cm³/mol. The molecule has 0 saturated heterocycles. The highest BCUT2D eigenvalue weighted by molar-refractivity contribution is 5.00. The molecule has 0 radical (unpaired) electrons. The third kappa shape index (κ3) is 5.24. The van der Waals surface area contributed by atoms with Gasteiger partial charge in [0.1, 0.15) is 0 Å². The van der Waals surface area contributed by atoms with Crippen molar-refractivity contribution in [2.75, 3.05) is 6.54 Å². The van der Waals surface area contributed by atoms with Crippen LogP contribution in [-0.2, 0) is 0 Å². The molecule has 0 spiro atoms. The van der Waals surface area contributed by atoms with E-state index < -0.39 is 0 Å². The van der Waals surface area contributed by atoms with Crippen LogP contribution in [0.3, 0.4) is 0 Å². The van der Waals surface area contributed by atoms with Gasteiger partial charge in [0, 0.05) is 0 Å². The van der Waals surface area contributed by atoms with Crippen molar-refractivity contribution in [1.82, 2.24) is 0 Å². The maximum absolute atomic E-state index is 5.20. The average molecular weight is 112 g/mol. The van der Waals surface area contributed by atoms with Crippen LogP contribution in [0.15, 0.2) is 24.4 Å². The average Bonchev–Trinajstić information content (AvgIpc) is 1.81. The summed E-state index contributed by atoms with van der Waals surface area (Å²) in [6.45, 7) is 0.703. The summed E-state index contributed by atoms with van der Waals surface area (Å²) in [6, 6.07) is 0. The molecule has 8 heavy (non-hydrogen) atoms. The number of rotatable bonds is 3. The van der Waals surface area contributed by atoms with E-state index in [1.807, 2.05) is 12.2 Å². The van der Waals surface area contributed by atoms with Gasteiger partial charge in [-0.3, -0.25) is 0 Å². The summed E-state index contributed by atoms with van der Waals surface area (Å²) in [5.41, 5.74) is 10.3. The van der Waals surface area contributed by atoms with Gasteiger partial charge in [-0.2, -0.15) is 0 Å². The van der Waals surface area contributed by atoms with Crippen molar-refractivity contribution in [3.8, 4) is 0 Å². The van der Waals surface area contributed by atoms with Crippen molar-refractivity contribution in [3.63, 3.8) is 0 Å². The molecular weight excluding hydrogens is 100 g/mol. The van der Waals surface area contributed by atoms with E-state index in [1.54, 1.807) is 6.08 Å². The van der Waals surface area contributed by atoms with Crippen LogP contribution in [0.2, 0.25) is 0 Å². The standard InChI is InChI=1S/C6H12N2/c7-5-3-1-2-4-6-8/h1-3,5H,4,6-8H2/b2-1-,5-3-. The highest BCUT2D eigenvalue weighted by atomic mass is 14.5. The summed E-state index contributed by atoms with van der Waals surface area (Å²) in [7, 11) is 0. The van der Waals surface area contributed by atoms with Crippen LogP contribution in [0, 0.1) is 0 Å². The molecule has 0 aromatic heterocycles. The molecule has 0 aliphatic heterocycles. The lowest BCUT2D eigenvalue weighted by molar-refractivity contribution is 1.01. The van der Waals surface area contributed by atoms with Crippen molar-refractivity contribution < 1.29 is 0 Å². The van der Waals surface area contributed by atoms with Gasteiger partial charge in [-0.1, -0.05) is 12.2 Å². The molecular formula is C6H12N2. The Balaban J connectivity index is 3.07. The van der Waals surface area contributed by atoms with E-state index in [2.05, 4.69) is 0 Å². The smallest absolute Gasteiger partial charge is 0.00425 e. The van der Waals surface area contributed by atoms with Gasteiger partial charge < -0.3 is 11.5 Å². The van der Waals surface area contributed by atoms with Crippen molar-refractivity contribution >= 4 is 0 Å². The Bertz CT molecular complexity index is 84.5. The molecule has 4 N–H and O–H groups in total. The Morgan fingerprint density at radius 3 is 2.50 bits per heavy atom. The molecule has 0 amide bonds. The van der Waals surface area contributed by atoms with Gasteiger partial charge in [-0.15, -0.1) is 0 Å². The first-order valence-corrected chi connectivity index (χ1v) is 2.65. The lowest BCUT2D eigenvalue weighted by Crippen LogP contribution is -1.94. The van der Waals surface area contributed by atoms with Gasteiger partial charge in [-0.25, -0.2) is 0 Å². The van der Waals surface area contributed by atoms with E-state index in [0.29, 0.717) is 6.54 Å². The number of hydrogen-bond donors (Lipinski definition) is 2. The molecule has 0 unspecified atom stereocenters. The molecule has 0 aromatic carbocycles. The largest absolute Gasteiger partial charge is 0.405 e. The van der Waals surface area contributed by atoms with Gasteiger partial charge in [0.2, 0.25) is 0 Å². The molecule has 0 fully saturated rings. The van der Waals surface area contributed by atoms with Gasteiger partial charge in [0.25, 0.3) is 0 Å². The lowest BCUT2D eigenvalue weighted by Gasteiger charge is -1.79. The molecule has 0 rings (SSSR count). The maximum atomic E-state index is 5.20. The van der Waals surface area contributed by atoms with Crippen LogP contribution in [0.5, 0.6) is 0 Å². The molecule has 0 atom stereocenters. The zero-order valence-electron chi connectivity index (χ0n) is 4.88. The molecule has 0 heterocycles. The molecule has 0 aliphatic rings. The molecule has 0 aliphatic carbocycles. The highest BCUT2D eigenvalue weighted by Crippen LogP contribution is 1.78. The van der Waals surface area contributed by atoms with Crippen molar-refractivity contribution in [2.24, 2.45) is 11.5 Å². The van der Waals surface area contributed by atoms with Crippen LogP contribution in [0.4, 0.5) is 0 Å². The highest BCUT2D eigenvalue weighted by Gasteiger charge is 1.66. The van der Waals surface area contributed by atoms with Gasteiger partial charge in [-0.05, 0) is 25.2 Å². The van der Waals surface area contributed by atoms with Crippen LogP contribution in [0.25, 0.3) is 0 Å². The van der Waals surface area contributed by atoms with E-state index in [4.69, 9.17) is 11.5 Å². The Morgan fingerprint density at radius 1 is 1.25 bits per heavy atom. The summed E-state index contributed by atoms with van der Waals surface area (Å²) < 4.78 is 0. The fourth-order valence-electron chi connectivity index (χ4n) is 0.335. The minimum absolute atomic E-state index is 0.703. The quantitative estimate of drug-likeness (QED) is 0.518. The summed E-state index contributed by atoms with van der Waals surface area (Å²) in [5.74, 6) is 0. The Morgan fingerprint density at radius 2 is 2.00 bits per heavy atom. The maximum Gasteiger partial charge on any atom is -0.00425 e. The Kier molecular flexibility index (Phi) is 5.65. The Hall–Kier alpha value is -0.760. The van der Waals surface area contributed by atoms with Crippen molar-refractivity contribution in [1.29, 1.82) is 0 Å². The van der Waals surface area contributed by atoms with E-state index in [-0.39, 0.29) is 0 Å². The predicted octanol–water partition coefficient (Wildman–Crippen LogP) is 0.364. The van der Waals surface area contributed by atoms with Crippen LogP contribution in [0.1, 0.15) is 6.42 Å². The minimum atomic E-state index is 0.703. The van der Waals surface area contributed by atoms with Crippen LogP contribution < -0.4 is 11.5 Å². The first-order chi connectivity index (χ1) is 3.91. The molecule has 2 nitrogen and oxygen atoms in total.